The summed E-state index contributed by atoms with van der Waals surface area (Å²) in [5.74, 6) is 0. The van der Waals surface area contributed by atoms with Gasteiger partial charge in [-0.1, -0.05) is 0 Å². The monoisotopic (exact) mass is 169 g/mol. The van der Waals surface area contributed by atoms with Gasteiger partial charge in [-0.05, 0) is 14.1 Å². The highest BCUT2D eigenvalue weighted by Crippen LogP contribution is 2.09. The number of aliphatic hydroxyl groups excluding tert-OH is 1. The van der Waals surface area contributed by atoms with Crippen molar-refractivity contribution in [2.24, 2.45) is 7.05 Å². The summed E-state index contributed by atoms with van der Waals surface area (Å²) in [6, 6.07) is 0. The van der Waals surface area contributed by atoms with Crippen LogP contribution in [0.1, 0.15) is 11.8 Å². The fourth-order valence-corrected chi connectivity index (χ4v) is 1.04. The number of imidazole rings is 1. The van der Waals surface area contributed by atoms with Crippen molar-refractivity contribution in [2.75, 3.05) is 20.6 Å². The summed E-state index contributed by atoms with van der Waals surface area (Å²) in [6.45, 7) is 0.608. The molecule has 68 valence electrons. The lowest BCUT2D eigenvalue weighted by Crippen LogP contribution is -2.20. The van der Waals surface area contributed by atoms with Crippen LogP contribution in [0.15, 0.2) is 12.5 Å². The molecule has 1 heterocycles. The molecule has 0 amide bonds. The van der Waals surface area contributed by atoms with E-state index < -0.39 is 6.10 Å². The number of hydrogen-bond acceptors (Lipinski definition) is 3. The summed E-state index contributed by atoms with van der Waals surface area (Å²) in [4.78, 5) is 5.98. The van der Waals surface area contributed by atoms with E-state index in [4.69, 9.17) is 0 Å². The Morgan fingerprint density at radius 2 is 2.33 bits per heavy atom. The number of aliphatic hydroxyl groups is 1. The van der Waals surface area contributed by atoms with Crippen molar-refractivity contribution in [3.63, 3.8) is 0 Å². The van der Waals surface area contributed by atoms with Crippen molar-refractivity contribution in [2.45, 2.75) is 6.10 Å². The molecule has 1 aromatic heterocycles. The van der Waals surface area contributed by atoms with Crippen LogP contribution in [-0.2, 0) is 7.05 Å². The van der Waals surface area contributed by atoms with Crippen molar-refractivity contribution < 1.29 is 5.11 Å². The van der Waals surface area contributed by atoms with Gasteiger partial charge in [-0.15, -0.1) is 0 Å². The second kappa shape index (κ2) is 3.69. The topological polar surface area (TPSA) is 41.3 Å². The summed E-state index contributed by atoms with van der Waals surface area (Å²) in [5.41, 5.74) is 0.728. The molecule has 0 aliphatic heterocycles. The van der Waals surface area contributed by atoms with Gasteiger partial charge in [0.2, 0.25) is 0 Å². The predicted molar refractivity (Wildman–Crippen MR) is 46.7 cm³/mol. The highest BCUT2D eigenvalue weighted by Gasteiger charge is 2.10. The molecule has 4 heteroatoms. The fraction of sp³-hybridized carbons (Fsp3) is 0.625. The number of hydrogen-bond donors (Lipinski definition) is 1. The quantitative estimate of drug-likeness (QED) is 0.693. The summed E-state index contributed by atoms with van der Waals surface area (Å²) in [7, 11) is 5.73. The van der Waals surface area contributed by atoms with Crippen molar-refractivity contribution in [3.8, 4) is 0 Å². The minimum atomic E-state index is -0.485. The van der Waals surface area contributed by atoms with Crippen LogP contribution in [0, 0.1) is 0 Å². The maximum absolute atomic E-state index is 9.59. The van der Waals surface area contributed by atoms with Crippen molar-refractivity contribution >= 4 is 0 Å². The minimum absolute atomic E-state index is 0.485. The SMILES string of the molecule is CN(C)CC(O)c1cn(C)cn1. The van der Waals surface area contributed by atoms with Gasteiger partial charge in [-0.2, -0.15) is 0 Å². The second-order valence-electron chi connectivity index (χ2n) is 3.24. The van der Waals surface area contributed by atoms with Gasteiger partial charge in [0.05, 0.1) is 12.0 Å². The zero-order valence-corrected chi connectivity index (χ0v) is 7.73. The van der Waals surface area contributed by atoms with Gasteiger partial charge in [-0.3, -0.25) is 0 Å². The molecule has 1 aromatic rings. The summed E-state index contributed by atoms with van der Waals surface area (Å²) >= 11 is 0. The Bertz CT molecular complexity index is 244. The molecule has 0 saturated carbocycles. The Balaban J connectivity index is 2.58. The lowest BCUT2D eigenvalue weighted by Gasteiger charge is -2.13. The molecule has 4 nitrogen and oxygen atoms in total. The molecule has 1 atom stereocenters. The summed E-state index contributed by atoms with van der Waals surface area (Å²) in [6.07, 6.45) is 3.03. The molecule has 0 aromatic carbocycles. The van der Waals surface area contributed by atoms with E-state index >= 15 is 0 Å². The summed E-state index contributed by atoms with van der Waals surface area (Å²) < 4.78 is 1.83. The van der Waals surface area contributed by atoms with E-state index in [2.05, 4.69) is 4.98 Å². The van der Waals surface area contributed by atoms with Gasteiger partial charge in [0.1, 0.15) is 6.10 Å². The molecule has 0 saturated heterocycles. The molecular formula is C8H15N3O. The second-order valence-corrected chi connectivity index (χ2v) is 3.24. The first-order valence-electron chi connectivity index (χ1n) is 3.90. The van der Waals surface area contributed by atoms with E-state index in [1.54, 1.807) is 6.33 Å². The maximum atomic E-state index is 9.59. The number of rotatable bonds is 3. The predicted octanol–water partition coefficient (Wildman–Crippen LogP) is 0.0151. The summed E-state index contributed by atoms with van der Waals surface area (Å²) in [5, 5.41) is 9.59. The van der Waals surface area contributed by atoms with Crippen molar-refractivity contribution in [3.05, 3.63) is 18.2 Å². The van der Waals surface area contributed by atoms with Crippen LogP contribution in [0.5, 0.6) is 0 Å². The van der Waals surface area contributed by atoms with Crippen LogP contribution in [-0.4, -0.2) is 40.2 Å². The molecule has 0 aliphatic rings. The Labute approximate surface area is 72.4 Å². The first-order valence-corrected chi connectivity index (χ1v) is 3.90. The highest BCUT2D eigenvalue weighted by molar-refractivity contribution is 5.00. The molecule has 12 heavy (non-hydrogen) atoms. The molecule has 0 fully saturated rings. The van der Waals surface area contributed by atoms with Crippen molar-refractivity contribution in [1.29, 1.82) is 0 Å². The maximum Gasteiger partial charge on any atom is 0.110 e. The Morgan fingerprint density at radius 3 is 2.75 bits per heavy atom. The van der Waals surface area contributed by atoms with Crippen LogP contribution in [0.4, 0.5) is 0 Å². The Kier molecular flexibility index (Phi) is 2.83. The normalized spacial score (nSPS) is 13.8. The third kappa shape index (κ3) is 2.32. The van der Waals surface area contributed by atoms with Crippen LogP contribution in [0.25, 0.3) is 0 Å². The molecule has 0 radical (unpaired) electrons. The molecule has 1 rings (SSSR count). The third-order valence-electron chi connectivity index (χ3n) is 1.60. The van der Waals surface area contributed by atoms with E-state index in [0.29, 0.717) is 6.54 Å². The standard InChI is InChI=1S/C8H15N3O/c1-10(2)5-8(12)7-4-11(3)6-9-7/h4,6,8,12H,5H2,1-3H3. The molecule has 1 N–H and O–H groups in total. The smallest absolute Gasteiger partial charge is 0.110 e. The first-order chi connectivity index (χ1) is 5.59. The van der Waals surface area contributed by atoms with Crippen LogP contribution < -0.4 is 0 Å². The van der Waals surface area contributed by atoms with Gasteiger partial charge in [0.25, 0.3) is 0 Å². The zero-order chi connectivity index (χ0) is 9.14. The van der Waals surface area contributed by atoms with Gasteiger partial charge >= 0.3 is 0 Å². The van der Waals surface area contributed by atoms with Gasteiger partial charge in [0, 0.05) is 19.8 Å². The largest absolute Gasteiger partial charge is 0.385 e. The molecule has 0 aliphatic carbocycles. The van der Waals surface area contributed by atoms with Crippen molar-refractivity contribution in [1.82, 2.24) is 14.5 Å². The van der Waals surface area contributed by atoms with Gasteiger partial charge < -0.3 is 14.6 Å². The Hall–Kier alpha value is -0.870. The van der Waals surface area contributed by atoms with E-state index in [0.717, 1.165) is 5.69 Å². The minimum Gasteiger partial charge on any atom is -0.385 e. The van der Waals surface area contributed by atoms with Crippen LogP contribution >= 0.6 is 0 Å². The zero-order valence-electron chi connectivity index (χ0n) is 7.73. The average Bonchev–Trinajstić information content (AvgIpc) is 2.34. The van der Waals surface area contributed by atoms with E-state index in [1.165, 1.54) is 0 Å². The molecule has 0 spiro atoms. The molecular weight excluding hydrogens is 154 g/mol. The average molecular weight is 169 g/mol. The Morgan fingerprint density at radius 1 is 1.67 bits per heavy atom. The van der Waals surface area contributed by atoms with Crippen LogP contribution in [0.3, 0.4) is 0 Å². The van der Waals surface area contributed by atoms with E-state index in [-0.39, 0.29) is 0 Å². The third-order valence-corrected chi connectivity index (χ3v) is 1.60. The van der Waals surface area contributed by atoms with E-state index in [1.807, 2.05) is 36.8 Å². The number of aromatic nitrogens is 2. The lowest BCUT2D eigenvalue weighted by molar-refractivity contribution is 0.134. The number of likely N-dealkylation sites (N-methyl/N-ethyl adjacent to an activating group) is 1. The first kappa shape index (κ1) is 9.22. The van der Waals surface area contributed by atoms with Crippen LogP contribution in [0.2, 0.25) is 0 Å². The molecule has 1 unspecified atom stereocenters. The van der Waals surface area contributed by atoms with E-state index in [9.17, 15) is 5.11 Å². The number of nitrogens with zero attached hydrogens (tertiary/aromatic N) is 3. The van der Waals surface area contributed by atoms with Gasteiger partial charge in [-0.25, -0.2) is 4.98 Å². The number of aryl methyl sites for hydroxylation is 1. The fourth-order valence-electron chi connectivity index (χ4n) is 1.04. The van der Waals surface area contributed by atoms with Gasteiger partial charge in [0.15, 0.2) is 0 Å². The molecule has 0 bridgehead atoms. The highest BCUT2D eigenvalue weighted by atomic mass is 16.3. The lowest BCUT2D eigenvalue weighted by atomic mass is 10.2.